The van der Waals surface area contributed by atoms with Gasteiger partial charge in [-0.2, -0.15) is 10.5 Å². The molecule has 1 amide bonds. The minimum absolute atomic E-state index is 0.0649. The molecule has 0 saturated carbocycles. The van der Waals surface area contributed by atoms with Crippen LogP contribution in [-0.4, -0.2) is 23.8 Å². The summed E-state index contributed by atoms with van der Waals surface area (Å²) in [7, 11) is 1.62. The van der Waals surface area contributed by atoms with E-state index in [1.54, 1.807) is 7.11 Å². The zero-order chi connectivity index (χ0) is 26.5. The van der Waals surface area contributed by atoms with Gasteiger partial charge in [0.15, 0.2) is 0 Å². The molecule has 4 aromatic rings. The number of aryl methyl sites for hydroxylation is 1. The average Bonchev–Trinajstić information content (AvgIpc) is 3.32. The number of benzene rings is 2. The quantitative estimate of drug-likeness (QED) is 0.260. The molecule has 2 aromatic heterocycles. The summed E-state index contributed by atoms with van der Waals surface area (Å²) in [6, 6.07) is 23.8. The lowest BCUT2D eigenvalue weighted by Crippen LogP contribution is -2.14. The van der Waals surface area contributed by atoms with Crippen molar-refractivity contribution in [2.45, 2.75) is 30.7 Å². The standard InChI is InChI=1S/C30H24N4O2S2/c1-36-21-13-11-20(12-14-21)26-15-23(19-7-3-2-4-8-19)25(17-32)29(33-26)37-18-28(35)34-30-24(16-31)22-9-5-6-10-27(22)38-30/h2-4,7-8,11-15H,5-6,9-10,18H2,1H3,(H,34,35). The van der Waals surface area contributed by atoms with Crippen molar-refractivity contribution in [1.82, 2.24) is 4.98 Å². The van der Waals surface area contributed by atoms with E-state index >= 15 is 0 Å². The van der Waals surface area contributed by atoms with E-state index in [1.807, 2.05) is 60.7 Å². The number of thioether (sulfide) groups is 1. The third-order valence-corrected chi connectivity index (χ3v) is 8.63. The van der Waals surface area contributed by atoms with Gasteiger partial charge in [-0.25, -0.2) is 4.98 Å². The van der Waals surface area contributed by atoms with E-state index in [9.17, 15) is 15.3 Å². The predicted molar refractivity (Wildman–Crippen MR) is 151 cm³/mol. The van der Waals surface area contributed by atoms with Crippen LogP contribution in [0, 0.1) is 22.7 Å². The molecule has 0 bridgehead atoms. The lowest BCUT2D eigenvalue weighted by molar-refractivity contribution is -0.113. The topological polar surface area (TPSA) is 98.8 Å². The van der Waals surface area contributed by atoms with Crippen LogP contribution in [0.2, 0.25) is 0 Å². The number of nitrogens with zero attached hydrogens (tertiary/aromatic N) is 3. The summed E-state index contributed by atoms with van der Waals surface area (Å²) < 4.78 is 5.28. The molecule has 0 atom stereocenters. The molecule has 188 valence electrons. The van der Waals surface area contributed by atoms with E-state index in [0.29, 0.717) is 26.8 Å². The van der Waals surface area contributed by atoms with Crippen LogP contribution in [0.3, 0.4) is 0 Å². The Morgan fingerprint density at radius 2 is 1.76 bits per heavy atom. The third kappa shape index (κ3) is 5.28. The second kappa shape index (κ2) is 11.5. The summed E-state index contributed by atoms with van der Waals surface area (Å²) >= 11 is 2.73. The molecule has 1 N–H and O–H groups in total. The molecule has 5 rings (SSSR count). The smallest absolute Gasteiger partial charge is 0.235 e. The minimum atomic E-state index is -0.230. The van der Waals surface area contributed by atoms with Crippen molar-refractivity contribution in [3.05, 3.63) is 82.2 Å². The molecule has 0 unspecified atom stereocenters. The number of amides is 1. The molecular formula is C30H24N4O2S2. The number of fused-ring (bicyclic) bond motifs is 1. The summed E-state index contributed by atoms with van der Waals surface area (Å²) in [5.41, 5.74) is 5.33. The summed E-state index contributed by atoms with van der Waals surface area (Å²) in [5.74, 6) is 0.575. The fraction of sp³-hybridized carbons (Fsp3) is 0.200. The zero-order valence-corrected chi connectivity index (χ0v) is 22.4. The monoisotopic (exact) mass is 536 g/mol. The van der Waals surface area contributed by atoms with Gasteiger partial charge >= 0.3 is 0 Å². The van der Waals surface area contributed by atoms with Crippen molar-refractivity contribution in [3.63, 3.8) is 0 Å². The van der Waals surface area contributed by atoms with E-state index in [0.717, 1.165) is 53.7 Å². The highest BCUT2D eigenvalue weighted by Gasteiger charge is 2.22. The number of hydrogen-bond acceptors (Lipinski definition) is 7. The van der Waals surface area contributed by atoms with Crippen molar-refractivity contribution < 1.29 is 9.53 Å². The van der Waals surface area contributed by atoms with E-state index in [1.165, 1.54) is 28.0 Å². The van der Waals surface area contributed by atoms with Crippen LogP contribution in [0.4, 0.5) is 5.00 Å². The Labute approximate surface area is 229 Å². The average molecular weight is 537 g/mol. The molecule has 1 aliphatic rings. The number of carbonyl (C=O) groups excluding carboxylic acids is 1. The highest BCUT2D eigenvalue weighted by atomic mass is 32.2. The molecule has 0 radical (unpaired) electrons. The summed E-state index contributed by atoms with van der Waals surface area (Å²) in [6.07, 6.45) is 4.02. The highest BCUT2D eigenvalue weighted by molar-refractivity contribution is 8.00. The van der Waals surface area contributed by atoms with Crippen LogP contribution < -0.4 is 10.1 Å². The first kappa shape index (κ1) is 25.5. The van der Waals surface area contributed by atoms with Gasteiger partial charge in [0.2, 0.25) is 5.91 Å². The van der Waals surface area contributed by atoms with Crippen LogP contribution in [0.1, 0.15) is 34.4 Å². The van der Waals surface area contributed by atoms with Gasteiger partial charge in [-0.15, -0.1) is 11.3 Å². The Bertz CT molecular complexity index is 1570. The van der Waals surface area contributed by atoms with Crippen molar-refractivity contribution >= 4 is 34.0 Å². The Morgan fingerprint density at radius 1 is 1.03 bits per heavy atom. The van der Waals surface area contributed by atoms with Gasteiger partial charge < -0.3 is 10.1 Å². The number of nitrogens with one attached hydrogen (secondary N) is 1. The van der Waals surface area contributed by atoms with Gasteiger partial charge in [-0.1, -0.05) is 42.1 Å². The maximum atomic E-state index is 13.0. The normalized spacial score (nSPS) is 12.2. The molecular weight excluding hydrogens is 512 g/mol. The van der Waals surface area contributed by atoms with Gasteiger partial charge in [0.25, 0.3) is 0 Å². The maximum absolute atomic E-state index is 13.0. The number of pyridine rings is 1. The number of ether oxygens (including phenoxy) is 1. The fourth-order valence-electron chi connectivity index (χ4n) is 4.56. The highest BCUT2D eigenvalue weighted by Crippen LogP contribution is 2.38. The number of rotatable bonds is 7. The molecule has 2 heterocycles. The van der Waals surface area contributed by atoms with Gasteiger partial charge in [0.1, 0.15) is 27.9 Å². The number of aromatic nitrogens is 1. The van der Waals surface area contributed by atoms with Crippen LogP contribution in [0.25, 0.3) is 22.4 Å². The zero-order valence-electron chi connectivity index (χ0n) is 20.8. The lowest BCUT2D eigenvalue weighted by Gasteiger charge is -2.13. The Kier molecular flexibility index (Phi) is 7.74. The maximum Gasteiger partial charge on any atom is 0.235 e. The van der Waals surface area contributed by atoms with Gasteiger partial charge in [-0.05, 0) is 67.1 Å². The summed E-state index contributed by atoms with van der Waals surface area (Å²) in [6.45, 7) is 0. The molecule has 38 heavy (non-hydrogen) atoms. The number of nitriles is 2. The van der Waals surface area contributed by atoms with Crippen LogP contribution in [0.5, 0.6) is 5.75 Å². The minimum Gasteiger partial charge on any atom is -0.497 e. The first-order valence-electron chi connectivity index (χ1n) is 12.2. The van der Waals surface area contributed by atoms with Crippen molar-refractivity contribution in [1.29, 1.82) is 10.5 Å². The van der Waals surface area contributed by atoms with Gasteiger partial charge in [0.05, 0.1) is 29.7 Å². The second-order valence-electron chi connectivity index (χ2n) is 8.81. The number of carbonyl (C=O) groups is 1. The fourth-order valence-corrected chi connectivity index (χ4v) is 6.62. The number of thiophene rings is 1. The van der Waals surface area contributed by atoms with Crippen molar-refractivity contribution in [3.8, 4) is 40.3 Å². The molecule has 6 nitrogen and oxygen atoms in total. The Balaban J connectivity index is 1.45. The van der Waals surface area contributed by atoms with Crippen LogP contribution in [-0.2, 0) is 17.6 Å². The van der Waals surface area contributed by atoms with Gasteiger partial charge in [-0.3, -0.25) is 4.79 Å². The van der Waals surface area contributed by atoms with Gasteiger partial charge in [0, 0.05) is 16.0 Å². The SMILES string of the molecule is COc1ccc(-c2cc(-c3ccccc3)c(C#N)c(SCC(=O)Nc3sc4c(c3C#N)CCCC4)n2)cc1. The molecule has 0 saturated heterocycles. The number of methoxy groups -OCH3 is 1. The molecule has 2 aromatic carbocycles. The first-order valence-corrected chi connectivity index (χ1v) is 14.0. The Hall–Kier alpha value is -4.11. The molecule has 0 fully saturated rings. The molecule has 8 heteroatoms. The summed E-state index contributed by atoms with van der Waals surface area (Å²) in [5, 5.41) is 23.9. The second-order valence-corrected chi connectivity index (χ2v) is 10.9. The van der Waals surface area contributed by atoms with Crippen molar-refractivity contribution in [2.75, 3.05) is 18.2 Å². The van der Waals surface area contributed by atoms with E-state index in [2.05, 4.69) is 17.5 Å². The molecule has 1 aliphatic carbocycles. The van der Waals surface area contributed by atoms with E-state index in [-0.39, 0.29) is 11.7 Å². The lowest BCUT2D eigenvalue weighted by atomic mass is 9.96. The summed E-state index contributed by atoms with van der Waals surface area (Å²) in [4.78, 5) is 19.0. The number of hydrogen-bond donors (Lipinski definition) is 1. The first-order chi connectivity index (χ1) is 18.6. The molecule has 0 spiro atoms. The molecule has 0 aliphatic heterocycles. The van der Waals surface area contributed by atoms with E-state index in [4.69, 9.17) is 9.72 Å². The third-order valence-electron chi connectivity index (χ3n) is 6.44. The predicted octanol–water partition coefficient (Wildman–Crippen LogP) is 6.84. The van der Waals surface area contributed by atoms with Crippen LogP contribution >= 0.6 is 23.1 Å². The number of anilines is 1. The van der Waals surface area contributed by atoms with E-state index < -0.39 is 0 Å². The largest absolute Gasteiger partial charge is 0.497 e. The van der Waals surface area contributed by atoms with Crippen LogP contribution in [0.15, 0.2) is 65.7 Å². The van der Waals surface area contributed by atoms with Crippen molar-refractivity contribution in [2.24, 2.45) is 0 Å². The Morgan fingerprint density at radius 3 is 2.47 bits per heavy atom.